The average molecular weight is 305 g/mol. The summed E-state index contributed by atoms with van der Waals surface area (Å²) in [6, 6.07) is 9.38. The average Bonchev–Trinajstić information content (AvgIpc) is 2.84. The zero-order valence-corrected chi connectivity index (χ0v) is 11.7. The quantitative estimate of drug-likeness (QED) is 0.698. The normalized spacial score (nSPS) is 11.9. The first-order valence-electron chi connectivity index (χ1n) is 6.00. The van der Waals surface area contributed by atoms with E-state index in [1.54, 1.807) is 24.3 Å². The highest BCUT2D eigenvalue weighted by atomic mass is 32.2. The highest BCUT2D eigenvalue weighted by molar-refractivity contribution is 7.85. The molecule has 0 aliphatic rings. The molecule has 1 aromatic heterocycles. The minimum Gasteiger partial charge on any atom is -0.505 e. The third-order valence-corrected chi connectivity index (χ3v) is 3.89. The van der Waals surface area contributed by atoms with Crippen molar-refractivity contribution in [2.24, 2.45) is 0 Å². The molecule has 21 heavy (non-hydrogen) atoms. The molecule has 0 saturated carbocycles. The Bertz CT molecular complexity index is 914. The number of aromatic hydroxyl groups is 1. The first-order chi connectivity index (χ1) is 9.86. The van der Waals surface area contributed by atoms with Gasteiger partial charge >= 0.3 is 0 Å². The van der Waals surface area contributed by atoms with E-state index in [1.807, 2.05) is 0 Å². The minimum atomic E-state index is -4.38. The van der Waals surface area contributed by atoms with E-state index in [1.165, 1.54) is 13.0 Å². The maximum absolute atomic E-state index is 11.3. The molecule has 8 heteroatoms. The molecule has 0 fully saturated rings. The van der Waals surface area contributed by atoms with Gasteiger partial charge in [-0.3, -0.25) is 4.55 Å². The second kappa shape index (κ2) is 4.54. The minimum absolute atomic E-state index is 0.0822. The Kier molecular flexibility index (Phi) is 2.92. The predicted molar refractivity (Wildman–Crippen MR) is 75.1 cm³/mol. The topological polar surface area (TPSA) is 105 Å². The number of nitrogens with zero attached hydrogens (tertiary/aromatic N) is 3. The van der Waals surface area contributed by atoms with Crippen LogP contribution in [0.5, 0.6) is 5.75 Å². The van der Waals surface area contributed by atoms with Gasteiger partial charge in [-0.05, 0) is 36.8 Å². The maximum atomic E-state index is 11.3. The van der Waals surface area contributed by atoms with Gasteiger partial charge in [-0.15, -0.1) is 15.0 Å². The molecule has 3 aromatic rings. The fourth-order valence-electron chi connectivity index (χ4n) is 2.00. The third kappa shape index (κ3) is 2.34. The van der Waals surface area contributed by atoms with Gasteiger partial charge in [0.15, 0.2) is 0 Å². The number of phenolic OH excluding ortho intramolecular Hbond substituents is 1. The van der Waals surface area contributed by atoms with Crippen LogP contribution in [0.3, 0.4) is 0 Å². The van der Waals surface area contributed by atoms with Gasteiger partial charge < -0.3 is 5.11 Å². The number of hydrogen-bond donors (Lipinski definition) is 2. The van der Waals surface area contributed by atoms with E-state index in [0.717, 1.165) is 10.9 Å². The summed E-state index contributed by atoms with van der Waals surface area (Å²) < 4.78 is 31.7. The van der Waals surface area contributed by atoms with Gasteiger partial charge in [0.1, 0.15) is 22.5 Å². The fourth-order valence-corrected chi connectivity index (χ4v) is 2.58. The molecule has 0 atom stereocenters. The molecular formula is C13H11N3O4S. The van der Waals surface area contributed by atoms with Crippen molar-refractivity contribution >= 4 is 21.2 Å². The third-order valence-electron chi connectivity index (χ3n) is 3.05. The Balaban J connectivity index is 2.28. The fraction of sp³-hybridized carbons (Fsp3) is 0.0769. The van der Waals surface area contributed by atoms with Crippen LogP contribution < -0.4 is 0 Å². The molecule has 3 rings (SSSR count). The molecule has 0 saturated heterocycles. The van der Waals surface area contributed by atoms with Crippen LogP contribution in [-0.2, 0) is 10.1 Å². The number of fused-ring (bicyclic) bond motifs is 1. The van der Waals surface area contributed by atoms with Crippen molar-refractivity contribution in [1.82, 2.24) is 15.0 Å². The van der Waals surface area contributed by atoms with E-state index in [2.05, 4.69) is 10.2 Å². The van der Waals surface area contributed by atoms with E-state index in [-0.39, 0.29) is 16.3 Å². The highest BCUT2D eigenvalue weighted by Gasteiger charge is 2.18. The van der Waals surface area contributed by atoms with Crippen molar-refractivity contribution in [2.45, 2.75) is 11.8 Å². The molecule has 0 radical (unpaired) electrons. The Morgan fingerprint density at radius 2 is 1.67 bits per heavy atom. The van der Waals surface area contributed by atoms with Crippen molar-refractivity contribution in [1.29, 1.82) is 0 Å². The van der Waals surface area contributed by atoms with Gasteiger partial charge in [0, 0.05) is 0 Å². The van der Waals surface area contributed by atoms with Crippen LogP contribution in [0, 0.1) is 6.92 Å². The Labute approximate surface area is 120 Å². The lowest BCUT2D eigenvalue weighted by molar-refractivity contribution is 0.461. The molecule has 0 aliphatic carbocycles. The molecule has 0 spiro atoms. The molecule has 1 heterocycles. The monoisotopic (exact) mass is 305 g/mol. The van der Waals surface area contributed by atoms with Crippen LogP contribution >= 0.6 is 0 Å². The van der Waals surface area contributed by atoms with Crippen LogP contribution in [0.2, 0.25) is 0 Å². The van der Waals surface area contributed by atoms with Gasteiger partial charge in [0.25, 0.3) is 10.1 Å². The van der Waals surface area contributed by atoms with Crippen molar-refractivity contribution in [2.75, 3.05) is 0 Å². The van der Waals surface area contributed by atoms with Crippen LogP contribution in [-0.4, -0.2) is 33.1 Å². The summed E-state index contributed by atoms with van der Waals surface area (Å²) in [6.45, 7) is 1.52. The molecule has 0 aliphatic heterocycles. The van der Waals surface area contributed by atoms with Crippen LogP contribution in [0.25, 0.3) is 16.7 Å². The maximum Gasteiger partial charge on any atom is 0.294 e. The lowest BCUT2D eigenvalue weighted by atomic mass is 10.2. The summed E-state index contributed by atoms with van der Waals surface area (Å²) in [5.74, 6) is -0.150. The number of aryl methyl sites for hydroxylation is 1. The lowest BCUT2D eigenvalue weighted by Gasteiger charge is -2.08. The largest absolute Gasteiger partial charge is 0.505 e. The first-order valence-corrected chi connectivity index (χ1v) is 7.44. The van der Waals surface area contributed by atoms with Gasteiger partial charge in [-0.25, -0.2) is 0 Å². The second-order valence-corrected chi connectivity index (χ2v) is 5.98. The number of hydrogen-bond acceptors (Lipinski definition) is 5. The zero-order valence-electron chi connectivity index (χ0n) is 10.9. The molecule has 108 valence electrons. The Morgan fingerprint density at radius 3 is 2.19 bits per heavy atom. The molecule has 2 N–H and O–H groups in total. The smallest absolute Gasteiger partial charge is 0.294 e. The standard InChI is InChI=1S/C13H11N3O4S/c1-8-6-9(21(18,19)20)7-12(13(8)17)16-14-10-4-2-3-5-11(10)15-16/h2-7,17H,1H3,(H,18,19,20). The van der Waals surface area contributed by atoms with E-state index < -0.39 is 10.1 Å². The van der Waals surface area contributed by atoms with Crippen LogP contribution in [0.1, 0.15) is 5.56 Å². The number of rotatable bonds is 2. The summed E-state index contributed by atoms with van der Waals surface area (Å²) in [5, 5.41) is 18.4. The van der Waals surface area contributed by atoms with E-state index in [4.69, 9.17) is 4.55 Å². The first kappa shape index (κ1) is 13.5. The van der Waals surface area contributed by atoms with E-state index in [0.29, 0.717) is 16.6 Å². The molecule has 2 aromatic carbocycles. The van der Waals surface area contributed by atoms with Crippen molar-refractivity contribution in [3.8, 4) is 11.4 Å². The molecular weight excluding hydrogens is 294 g/mol. The van der Waals surface area contributed by atoms with Gasteiger partial charge in [-0.2, -0.15) is 8.42 Å². The number of benzene rings is 2. The molecule has 7 nitrogen and oxygen atoms in total. The van der Waals surface area contributed by atoms with Crippen LogP contribution in [0.4, 0.5) is 0 Å². The summed E-state index contributed by atoms with van der Waals surface area (Å²) in [4.78, 5) is 0.816. The highest BCUT2D eigenvalue weighted by Crippen LogP contribution is 2.29. The molecule has 0 unspecified atom stereocenters. The Morgan fingerprint density at radius 1 is 1.10 bits per heavy atom. The SMILES string of the molecule is Cc1cc(S(=O)(=O)O)cc(-n2nc3ccccc3n2)c1O. The molecule has 0 bridgehead atoms. The summed E-state index contributed by atoms with van der Waals surface area (Å²) in [6.07, 6.45) is 0. The number of aromatic nitrogens is 3. The predicted octanol–water partition coefficient (Wildman–Crippen LogP) is 1.68. The number of phenols is 1. The van der Waals surface area contributed by atoms with Crippen molar-refractivity contribution in [3.05, 3.63) is 42.0 Å². The summed E-state index contributed by atoms with van der Waals surface area (Å²) >= 11 is 0. The Hall–Kier alpha value is -2.45. The lowest BCUT2D eigenvalue weighted by Crippen LogP contribution is -2.04. The van der Waals surface area contributed by atoms with Crippen molar-refractivity contribution < 1.29 is 18.1 Å². The van der Waals surface area contributed by atoms with E-state index >= 15 is 0 Å². The van der Waals surface area contributed by atoms with Gasteiger partial charge in [0.2, 0.25) is 0 Å². The van der Waals surface area contributed by atoms with E-state index in [9.17, 15) is 13.5 Å². The van der Waals surface area contributed by atoms with Crippen LogP contribution in [0.15, 0.2) is 41.3 Å². The summed E-state index contributed by atoms with van der Waals surface area (Å²) in [7, 11) is -4.38. The summed E-state index contributed by atoms with van der Waals surface area (Å²) in [5.41, 5.74) is 1.58. The molecule has 0 amide bonds. The van der Waals surface area contributed by atoms with Gasteiger partial charge in [-0.1, -0.05) is 12.1 Å². The zero-order chi connectivity index (χ0) is 15.2. The second-order valence-electron chi connectivity index (χ2n) is 4.56. The van der Waals surface area contributed by atoms with Gasteiger partial charge in [0.05, 0.1) is 4.90 Å². The van der Waals surface area contributed by atoms with Crippen molar-refractivity contribution in [3.63, 3.8) is 0 Å².